The Balaban J connectivity index is 0.000000226. The number of anilines is 1. The quantitative estimate of drug-likeness (QED) is 0.570. The van der Waals surface area contributed by atoms with E-state index in [-0.39, 0.29) is 5.91 Å². The molecule has 1 amide bonds. The Labute approximate surface area is 183 Å². The van der Waals surface area contributed by atoms with E-state index in [0.717, 1.165) is 24.4 Å². The Hall–Kier alpha value is -2.62. The van der Waals surface area contributed by atoms with Crippen molar-refractivity contribution in [1.29, 1.82) is 5.41 Å². The average molecular weight is 410 g/mol. The summed E-state index contributed by atoms with van der Waals surface area (Å²) in [7, 11) is 2.09. The number of carbonyl (C=O) groups excluding carboxylic acids is 1. The van der Waals surface area contributed by atoms with Gasteiger partial charge in [-0.15, -0.1) is 0 Å². The van der Waals surface area contributed by atoms with Crippen LogP contribution in [0.4, 0.5) is 5.69 Å². The molecule has 1 aliphatic rings. The monoisotopic (exact) mass is 409 g/mol. The van der Waals surface area contributed by atoms with Crippen molar-refractivity contribution in [3.8, 4) is 0 Å². The molecule has 1 fully saturated rings. The van der Waals surface area contributed by atoms with Gasteiger partial charge in [-0.2, -0.15) is 0 Å². The molecule has 0 bridgehead atoms. The van der Waals surface area contributed by atoms with Crippen molar-refractivity contribution in [1.82, 2.24) is 0 Å². The Kier molecular flexibility index (Phi) is 12.9. The third-order valence-corrected chi connectivity index (χ3v) is 5.40. The van der Waals surface area contributed by atoms with Gasteiger partial charge in [0.15, 0.2) is 0 Å². The first kappa shape index (κ1) is 25.4. The summed E-state index contributed by atoms with van der Waals surface area (Å²) in [6.07, 6.45) is 8.32. The molecule has 2 aromatic rings. The third kappa shape index (κ3) is 11.4. The molecule has 2 aromatic carbocycles. The first-order valence-corrected chi connectivity index (χ1v) is 11.1. The lowest BCUT2D eigenvalue weighted by molar-refractivity contribution is -0.118. The second-order valence-corrected chi connectivity index (χ2v) is 7.85. The molecule has 0 aliphatic heterocycles. The average Bonchev–Trinajstić information content (AvgIpc) is 2.80. The van der Waals surface area contributed by atoms with E-state index in [0.29, 0.717) is 12.1 Å². The maximum Gasteiger partial charge on any atom is 0.217 e. The number of para-hydroxylation sites is 1. The van der Waals surface area contributed by atoms with Crippen molar-refractivity contribution in [2.75, 3.05) is 18.5 Å². The summed E-state index contributed by atoms with van der Waals surface area (Å²) in [4.78, 5) is 12.7. The molecule has 0 heterocycles. The Morgan fingerprint density at radius 1 is 1.00 bits per heavy atom. The van der Waals surface area contributed by atoms with Crippen LogP contribution >= 0.6 is 0 Å². The Bertz CT molecular complexity index is 710. The topological polar surface area (TPSA) is 70.2 Å². The molecule has 0 atom stereocenters. The molecular weight excluding hydrogens is 370 g/mol. The van der Waals surface area contributed by atoms with Gasteiger partial charge in [0, 0.05) is 31.4 Å². The lowest BCUT2D eigenvalue weighted by atomic mass is 9.86. The summed E-state index contributed by atoms with van der Waals surface area (Å²) < 4.78 is 0. The number of hydrogen-bond acceptors (Lipinski definition) is 3. The molecule has 3 rings (SSSR count). The highest BCUT2D eigenvalue weighted by molar-refractivity contribution is 5.96. The summed E-state index contributed by atoms with van der Waals surface area (Å²) in [6.45, 7) is 4.99. The number of benzene rings is 2. The van der Waals surface area contributed by atoms with Gasteiger partial charge in [0.2, 0.25) is 5.91 Å². The Morgan fingerprint density at radius 3 is 1.97 bits per heavy atom. The predicted molar refractivity (Wildman–Crippen MR) is 129 cm³/mol. The zero-order valence-electron chi connectivity index (χ0n) is 18.9. The lowest BCUT2D eigenvalue weighted by Gasteiger charge is -2.20. The van der Waals surface area contributed by atoms with Crippen LogP contribution in [0.1, 0.15) is 64.4 Å². The van der Waals surface area contributed by atoms with Crippen LogP contribution in [0.2, 0.25) is 0 Å². The van der Waals surface area contributed by atoms with E-state index in [1.54, 1.807) is 6.92 Å². The van der Waals surface area contributed by atoms with Crippen molar-refractivity contribution in [2.45, 2.75) is 58.8 Å². The van der Waals surface area contributed by atoms with Crippen LogP contribution in [0.5, 0.6) is 0 Å². The van der Waals surface area contributed by atoms with Crippen LogP contribution in [0.15, 0.2) is 60.7 Å². The van der Waals surface area contributed by atoms with Crippen LogP contribution in [0, 0.1) is 11.3 Å². The molecule has 30 heavy (non-hydrogen) atoms. The van der Waals surface area contributed by atoms with E-state index >= 15 is 0 Å². The van der Waals surface area contributed by atoms with Crippen LogP contribution in [-0.4, -0.2) is 25.2 Å². The molecular formula is C26H39N3O. The molecule has 1 saturated carbocycles. The minimum Gasteiger partial charge on any atom is -0.375 e. The van der Waals surface area contributed by atoms with Crippen molar-refractivity contribution in [2.24, 2.45) is 11.7 Å². The van der Waals surface area contributed by atoms with Crippen LogP contribution < -0.4 is 10.6 Å². The minimum absolute atomic E-state index is 0.143. The smallest absolute Gasteiger partial charge is 0.217 e. The van der Waals surface area contributed by atoms with Crippen LogP contribution in [0.3, 0.4) is 0 Å². The van der Waals surface area contributed by atoms with Gasteiger partial charge in [-0.05, 0) is 43.9 Å². The van der Waals surface area contributed by atoms with Crippen molar-refractivity contribution in [3.05, 3.63) is 66.2 Å². The fourth-order valence-corrected chi connectivity index (χ4v) is 3.38. The van der Waals surface area contributed by atoms with Crippen LogP contribution in [-0.2, 0) is 4.79 Å². The van der Waals surface area contributed by atoms with Gasteiger partial charge in [0.25, 0.3) is 0 Å². The summed E-state index contributed by atoms with van der Waals surface area (Å²) in [5, 5.41) is 7.24. The van der Waals surface area contributed by atoms with Crippen LogP contribution in [0.25, 0.3) is 0 Å². The number of nitrogens with one attached hydrogen (secondary N) is 1. The van der Waals surface area contributed by atoms with E-state index in [4.69, 9.17) is 11.1 Å². The van der Waals surface area contributed by atoms with Crippen molar-refractivity contribution in [3.63, 3.8) is 0 Å². The molecule has 1 aliphatic carbocycles. The van der Waals surface area contributed by atoms with E-state index in [1.807, 2.05) is 36.4 Å². The highest BCUT2D eigenvalue weighted by atomic mass is 16.1. The summed E-state index contributed by atoms with van der Waals surface area (Å²) in [6, 6.07) is 20.1. The zero-order valence-corrected chi connectivity index (χ0v) is 18.9. The fourth-order valence-electron chi connectivity index (χ4n) is 3.38. The number of amides is 1. The first-order chi connectivity index (χ1) is 14.4. The zero-order chi connectivity index (χ0) is 22.2. The van der Waals surface area contributed by atoms with Gasteiger partial charge in [-0.1, -0.05) is 80.6 Å². The third-order valence-electron chi connectivity index (χ3n) is 5.40. The Morgan fingerprint density at radius 2 is 1.53 bits per heavy atom. The molecule has 0 spiro atoms. The SMILES string of the molecule is CC(=N)c1ccccc1.CCN(C)c1ccccc1.NC(=O)CCC1CCCCC1. The summed E-state index contributed by atoms with van der Waals surface area (Å²) in [5.74, 6) is 0.645. The first-order valence-electron chi connectivity index (χ1n) is 11.1. The largest absolute Gasteiger partial charge is 0.375 e. The molecule has 0 saturated heterocycles. The maximum absolute atomic E-state index is 10.5. The van der Waals surface area contributed by atoms with Gasteiger partial charge < -0.3 is 16.0 Å². The van der Waals surface area contributed by atoms with E-state index in [9.17, 15) is 4.79 Å². The molecule has 3 N–H and O–H groups in total. The maximum atomic E-state index is 10.5. The number of rotatable bonds is 6. The fraction of sp³-hybridized carbons (Fsp3) is 0.462. The van der Waals surface area contributed by atoms with Gasteiger partial charge in [0.1, 0.15) is 0 Å². The summed E-state index contributed by atoms with van der Waals surface area (Å²) in [5.41, 5.74) is 7.97. The standard InChI is InChI=1S/C9H17NO.C9H13N.C8H9N/c10-9(11)7-6-8-4-2-1-3-5-8;1-3-10(2)9-7-5-4-6-8-9;1-7(9)8-5-3-2-4-6-8/h8H,1-7H2,(H2,10,11);4-8H,3H2,1-2H3;2-6,9H,1H3. The highest BCUT2D eigenvalue weighted by Gasteiger charge is 2.13. The summed E-state index contributed by atoms with van der Waals surface area (Å²) >= 11 is 0. The molecule has 0 aromatic heterocycles. The normalized spacial score (nSPS) is 13.2. The van der Waals surface area contributed by atoms with E-state index in [2.05, 4.69) is 43.1 Å². The van der Waals surface area contributed by atoms with Crippen molar-refractivity contribution >= 4 is 17.3 Å². The van der Waals surface area contributed by atoms with Crippen molar-refractivity contribution < 1.29 is 4.79 Å². The molecule has 4 heteroatoms. The number of carbonyl (C=O) groups is 1. The van der Waals surface area contributed by atoms with Gasteiger partial charge in [0.05, 0.1) is 0 Å². The van der Waals surface area contributed by atoms with Gasteiger partial charge >= 0.3 is 0 Å². The van der Waals surface area contributed by atoms with E-state index < -0.39 is 0 Å². The van der Waals surface area contributed by atoms with E-state index in [1.165, 1.54) is 37.8 Å². The number of primary amides is 1. The second kappa shape index (κ2) is 15.3. The number of nitrogens with two attached hydrogens (primary N) is 1. The molecule has 164 valence electrons. The number of hydrogen-bond donors (Lipinski definition) is 2. The second-order valence-electron chi connectivity index (χ2n) is 7.85. The lowest BCUT2D eigenvalue weighted by Crippen LogP contribution is -2.15. The molecule has 4 nitrogen and oxygen atoms in total. The minimum atomic E-state index is -0.143. The number of nitrogens with zero attached hydrogens (tertiary/aromatic N) is 1. The molecule has 0 radical (unpaired) electrons. The highest BCUT2D eigenvalue weighted by Crippen LogP contribution is 2.26. The molecule has 0 unspecified atom stereocenters. The van der Waals surface area contributed by atoms with Gasteiger partial charge in [-0.25, -0.2) is 0 Å². The van der Waals surface area contributed by atoms with Gasteiger partial charge in [-0.3, -0.25) is 4.79 Å². The predicted octanol–water partition coefficient (Wildman–Crippen LogP) is 6.05.